The predicted octanol–water partition coefficient (Wildman–Crippen LogP) is -0.227. The molecule has 328 valence electrons. The monoisotopic (exact) mass is 845 g/mol. The number of fused-ring (bicyclic) bond motifs is 2. The van der Waals surface area contributed by atoms with Crippen LogP contribution >= 0.6 is 0 Å². The fourth-order valence-corrected chi connectivity index (χ4v) is 7.17. The molecule has 1 aromatic carbocycles. The van der Waals surface area contributed by atoms with Crippen LogP contribution in [0.15, 0.2) is 30.4 Å². The Morgan fingerprint density at radius 2 is 1.62 bits per heavy atom. The lowest BCUT2D eigenvalue weighted by molar-refractivity contribution is -0.158. The van der Waals surface area contributed by atoms with Gasteiger partial charge in [-0.3, -0.25) is 38.4 Å². The maximum atomic E-state index is 14.4. The van der Waals surface area contributed by atoms with E-state index < -0.39 is 127 Å². The molecule has 3 aliphatic heterocycles. The van der Waals surface area contributed by atoms with E-state index in [0.29, 0.717) is 25.3 Å². The minimum Gasteiger partial charge on any atom is -0.462 e. The molecule has 0 saturated carbocycles. The van der Waals surface area contributed by atoms with Crippen LogP contribution in [0.25, 0.3) is 0 Å². The number of nitrogens with zero attached hydrogens (tertiary/aromatic N) is 3. The number of hydrogen-bond donors (Lipinski definition) is 4. The molecule has 20 heteroatoms. The van der Waals surface area contributed by atoms with E-state index in [9.17, 15) is 51.9 Å². The third-order valence-electron chi connectivity index (χ3n) is 10.4. The summed E-state index contributed by atoms with van der Waals surface area (Å²) in [5, 5.41) is 9.83. The first kappa shape index (κ1) is 46.7. The van der Waals surface area contributed by atoms with Gasteiger partial charge in [-0.25, -0.2) is 13.6 Å². The van der Waals surface area contributed by atoms with Crippen molar-refractivity contribution in [3.05, 3.63) is 47.5 Å². The van der Waals surface area contributed by atoms with Gasteiger partial charge in [0.25, 0.3) is 0 Å². The minimum absolute atomic E-state index is 0.000805. The molecule has 1 aromatic rings. The SMILES string of the molecule is CCCCC=CC(=O)N[C@@H](Cc1cc(F)cc(F)c1)C(=O)N[C@H]1COC(=O)[C@@H]2CCCN2C(=O)[C@H](C)NC(=O)[C@H](COC(=O)CNC(C)=O)N(C)C(=O)[C@@H]2CCCN2C1=O. The molecule has 3 heterocycles. The number of benzene rings is 1. The number of amides is 7. The van der Waals surface area contributed by atoms with Crippen molar-refractivity contribution in [2.24, 2.45) is 0 Å². The van der Waals surface area contributed by atoms with Gasteiger partial charge in [-0.1, -0.05) is 25.8 Å². The lowest BCUT2D eigenvalue weighted by Crippen LogP contribution is -2.61. The first-order chi connectivity index (χ1) is 28.5. The molecule has 0 radical (unpaired) electrons. The molecule has 4 N–H and O–H groups in total. The Labute approximate surface area is 346 Å². The van der Waals surface area contributed by atoms with E-state index in [0.717, 1.165) is 34.8 Å². The van der Waals surface area contributed by atoms with Crippen molar-refractivity contribution in [2.75, 3.05) is 39.9 Å². The average molecular weight is 846 g/mol. The summed E-state index contributed by atoms with van der Waals surface area (Å²) in [5.41, 5.74) is 0.00602. The summed E-state index contributed by atoms with van der Waals surface area (Å²) in [6.45, 7) is 2.66. The normalized spacial score (nSPS) is 23.4. The van der Waals surface area contributed by atoms with E-state index in [4.69, 9.17) is 9.47 Å². The van der Waals surface area contributed by atoms with E-state index >= 15 is 0 Å². The quantitative estimate of drug-likeness (QED) is 0.115. The molecule has 0 spiro atoms. The van der Waals surface area contributed by atoms with E-state index in [1.165, 1.54) is 31.9 Å². The number of unbranched alkanes of at least 4 members (excludes halogenated alkanes) is 2. The maximum Gasteiger partial charge on any atom is 0.328 e. The first-order valence-corrected chi connectivity index (χ1v) is 20.0. The summed E-state index contributed by atoms with van der Waals surface area (Å²) >= 11 is 0. The highest BCUT2D eigenvalue weighted by Crippen LogP contribution is 2.24. The maximum absolute atomic E-state index is 14.4. The number of likely N-dealkylation sites (N-methyl/N-ethyl adjacent to an activating group) is 1. The topological polar surface area (TPSA) is 230 Å². The van der Waals surface area contributed by atoms with Gasteiger partial charge in [0.2, 0.25) is 41.4 Å². The highest BCUT2D eigenvalue weighted by molar-refractivity contribution is 5.98. The molecular formula is C40H53F2N7O11. The van der Waals surface area contributed by atoms with Crippen LogP contribution < -0.4 is 21.3 Å². The molecule has 0 unspecified atom stereocenters. The summed E-state index contributed by atoms with van der Waals surface area (Å²) in [4.78, 5) is 124. The summed E-state index contributed by atoms with van der Waals surface area (Å²) in [5.74, 6) is -9.08. The molecule has 0 aromatic heterocycles. The predicted molar refractivity (Wildman–Crippen MR) is 207 cm³/mol. The number of carbonyl (C=O) groups is 9. The number of rotatable bonds is 13. The second kappa shape index (κ2) is 21.9. The zero-order chi connectivity index (χ0) is 44.1. The van der Waals surface area contributed by atoms with Crippen LogP contribution in [0.5, 0.6) is 0 Å². The molecule has 7 amide bonds. The van der Waals surface area contributed by atoms with Gasteiger partial charge in [-0.05, 0) is 62.8 Å². The smallest absolute Gasteiger partial charge is 0.328 e. The largest absolute Gasteiger partial charge is 0.462 e. The van der Waals surface area contributed by atoms with Gasteiger partial charge >= 0.3 is 11.9 Å². The minimum atomic E-state index is -1.67. The van der Waals surface area contributed by atoms with Crippen LogP contribution in [0.2, 0.25) is 0 Å². The van der Waals surface area contributed by atoms with Gasteiger partial charge in [0.1, 0.15) is 67.6 Å². The molecule has 0 bridgehead atoms. The zero-order valence-electron chi connectivity index (χ0n) is 34.1. The van der Waals surface area contributed by atoms with Crippen LogP contribution in [0.4, 0.5) is 8.78 Å². The summed E-state index contributed by atoms with van der Waals surface area (Å²) < 4.78 is 39.2. The van der Waals surface area contributed by atoms with Crippen molar-refractivity contribution >= 4 is 53.3 Å². The van der Waals surface area contributed by atoms with Crippen molar-refractivity contribution in [3.63, 3.8) is 0 Å². The highest BCUT2D eigenvalue weighted by atomic mass is 19.1. The van der Waals surface area contributed by atoms with E-state index in [-0.39, 0.29) is 31.5 Å². The van der Waals surface area contributed by atoms with E-state index in [2.05, 4.69) is 21.3 Å². The molecule has 0 aliphatic carbocycles. The lowest BCUT2D eigenvalue weighted by Gasteiger charge is -2.35. The first-order valence-electron chi connectivity index (χ1n) is 20.0. The van der Waals surface area contributed by atoms with Crippen LogP contribution in [0, 0.1) is 11.6 Å². The Morgan fingerprint density at radius 1 is 0.967 bits per heavy atom. The summed E-state index contributed by atoms with van der Waals surface area (Å²) in [6.07, 6.45) is 5.60. The Bertz CT molecular complexity index is 1830. The molecular weight excluding hydrogens is 792 g/mol. The number of esters is 2. The van der Waals surface area contributed by atoms with Gasteiger partial charge in [0.15, 0.2) is 0 Å². The number of allylic oxidation sites excluding steroid dienone is 1. The van der Waals surface area contributed by atoms with E-state index in [1.807, 2.05) is 6.92 Å². The van der Waals surface area contributed by atoms with E-state index in [1.54, 1.807) is 6.08 Å². The number of carbonyl (C=O) groups excluding carboxylic acids is 9. The van der Waals surface area contributed by atoms with Crippen molar-refractivity contribution < 1.29 is 61.4 Å². The molecule has 4 rings (SSSR count). The fraction of sp³-hybridized carbons (Fsp3) is 0.575. The van der Waals surface area contributed by atoms with Crippen LogP contribution in [0.3, 0.4) is 0 Å². The lowest BCUT2D eigenvalue weighted by atomic mass is 10.0. The van der Waals surface area contributed by atoms with Crippen molar-refractivity contribution in [1.82, 2.24) is 36.0 Å². The third-order valence-corrected chi connectivity index (χ3v) is 10.4. The highest BCUT2D eigenvalue weighted by Gasteiger charge is 2.44. The molecule has 3 fully saturated rings. The molecule has 60 heavy (non-hydrogen) atoms. The molecule has 18 nitrogen and oxygen atoms in total. The Morgan fingerprint density at radius 3 is 2.27 bits per heavy atom. The number of halogens is 2. The summed E-state index contributed by atoms with van der Waals surface area (Å²) in [7, 11) is 1.25. The fourth-order valence-electron chi connectivity index (χ4n) is 7.17. The van der Waals surface area contributed by atoms with Crippen molar-refractivity contribution in [3.8, 4) is 0 Å². The second-order valence-electron chi connectivity index (χ2n) is 14.9. The van der Waals surface area contributed by atoms with Crippen LogP contribution in [0.1, 0.15) is 71.3 Å². The Kier molecular flexibility index (Phi) is 17.0. The summed E-state index contributed by atoms with van der Waals surface area (Å²) in [6, 6.07) is -5.67. The van der Waals surface area contributed by atoms with Crippen molar-refractivity contribution in [2.45, 2.75) is 108 Å². The number of hydrogen-bond acceptors (Lipinski definition) is 11. The van der Waals surface area contributed by atoms with Crippen LogP contribution in [-0.4, -0.2) is 144 Å². The number of ether oxygens (including phenoxy) is 2. The zero-order valence-corrected chi connectivity index (χ0v) is 34.1. The number of cyclic esters (lactones) is 1. The molecule has 3 aliphatic rings. The molecule has 3 saturated heterocycles. The van der Waals surface area contributed by atoms with Gasteiger partial charge in [0.05, 0.1) is 0 Å². The van der Waals surface area contributed by atoms with Gasteiger partial charge < -0.3 is 45.4 Å². The standard InChI is InChI=1S/C40H53F2N7O11/c1-5-6-7-8-13-33(51)45-28(18-25-16-26(41)19-27(42)17-25)35(53)46-29-21-60-40(58)31-12-10-15-49(31)37(55)23(2)44-36(54)32(22-59-34(52)20-43-24(3)50)47(4)39(57)30-11-9-14-48(30)38(29)56/h8,13,16-17,19,23,28-32H,5-7,9-12,14-15,18,20-22H2,1-4H3,(H,43,50)(H,44,54)(H,45,51)(H,46,53)/t23-,28-,29-,30-,31-,32-/m0/s1. The van der Waals surface area contributed by atoms with Crippen molar-refractivity contribution in [1.29, 1.82) is 0 Å². The van der Waals surface area contributed by atoms with Gasteiger partial charge in [0, 0.05) is 39.5 Å². The van der Waals surface area contributed by atoms with Gasteiger partial charge in [-0.2, -0.15) is 0 Å². The molecule has 6 atom stereocenters. The number of nitrogens with one attached hydrogen (secondary N) is 4. The Balaban J connectivity index is 1.69. The van der Waals surface area contributed by atoms with Gasteiger partial charge in [-0.15, -0.1) is 0 Å². The Hall–Kier alpha value is -5.95. The average Bonchev–Trinajstić information content (AvgIpc) is 3.89. The third kappa shape index (κ3) is 12.8. The van der Waals surface area contributed by atoms with Crippen LogP contribution in [-0.2, 0) is 59.0 Å². The second-order valence-corrected chi connectivity index (χ2v) is 14.9.